The Hall–Kier alpha value is -2.48. The molecule has 1 N–H and O–H groups in total. The van der Waals surface area contributed by atoms with E-state index in [-0.39, 0.29) is 29.3 Å². The summed E-state index contributed by atoms with van der Waals surface area (Å²) in [6.07, 6.45) is 0. The predicted octanol–water partition coefficient (Wildman–Crippen LogP) is 2.43. The lowest BCUT2D eigenvalue weighted by Gasteiger charge is -2.16. The number of Topliss-reactive ketones (excluding diaryl/α,β-unsaturated/α-hetero) is 1. The maximum atomic E-state index is 12.0. The molecule has 0 unspecified atom stereocenters. The van der Waals surface area contributed by atoms with E-state index in [1.165, 1.54) is 19.2 Å². The molecule has 1 aromatic carbocycles. The molecule has 0 amide bonds. The summed E-state index contributed by atoms with van der Waals surface area (Å²) in [5.41, 5.74) is -0.579. The van der Waals surface area contributed by atoms with Crippen LogP contribution in [0.15, 0.2) is 18.2 Å². The zero-order valence-corrected chi connectivity index (χ0v) is 14.3. The topological polar surface area (TPSA) is 108 Å². The summed E-state index contributed by atoms with van der Waals surface area (Å²) in [5.74, 6) is -1.01. The van der Waals surface area contributed by atoms with E-state index in [2.05, 4.69) is 5.32 Å². The molecule has 1 aromatic rings. The number of esters is 1. The normalized spacial score (nSPS) is 11.0. The van der Waals surface area contributed by atoms with Crippen LogP contribution in [-0.2, 0) is 14.3 Å². The lowest BCUT2D eigenvalue weighted by molar-refractivity contribution is -0.384. The van der Waals surface area contributed by atoms with Crippen LogP contribution in [0.25, 0.3) is 0 Å². The van der Waals surface area contributed by atoms with Gasteiger partial charge in [0.1, 0.15) is 5.69 Å². The number of ketones is 1. The zero-order valence-electron chi connectivity index (χ0n) is 14.3. The summed E-state index contributed by atoms with van der Waals surface area (Å²) in [4.78, 5) is 34.3. The van der Waals surface area contributed by atoms with Crippen molar-refractivity contribution < 1.29 is 24.0 Å². The highest BCUT2D eigenvalue weighted by molar-refractivity contribution is 5.94. The average Bonchev–Trinajstić information content (AvgIpc) is 2.51. The average molecular weight is 338 g/mol. The number of carbonyl (C=O) groups is 2. The summed E-state index contributed by atoms with van der Waals surface area (Å²) < 4.78 is 9.81. The second kappa shape index (κ2) is 8.39. The van der Waals surface area contributed by atoms with Crippen LogP contribution in [0.5, 0.6) is 0 Å². The highest BCUT2D eigenvalue weighted by Gasteiger charge is 2.24. The van der Waals surface area contributed by atoms with Crippen LogP contribution in [0.4, 0.5) is 11.4 Å². The first kappa shape index (κ1) is 19.6. The first-order chi connectivity index (χ1) is 11.2. The van der Waals surface area contributed by atoms with Crippen LogP contribution >= 0.6 is 0 Å². The van der Waals surface area contributed by atoms with Crippen LogP contribution in [0.3, 0.4) is 0 Å². The van der Waals surface area contributed by atoms with E-state index >= 15 is 0 Å². The van der Waals surface area contributed by atoms with Crippen molar-refractivity contribution in [2.24, 2.45) is 5.41 Å². The van der Waals surface area contributed by atoms with Crippen molar-refractivity contribution in [3.05, 3.63) is 33.9 Å². The molecule has 132 valence electrons. The van der Waals surface area contributed by atoms with Crippen LogP contribution in [0.2, 0.25) is 0 Å². The Morgan fingerprint density at radius 2 is 1.96 bits per heavy atom. The SMILES string of the molecule is COCCNc1ccc(C(=O)OCC(=O)C(C)(C)C)cc1[N+](=O)[O-]. The van der Waals surface area contributed by atoms with Crippen molar-refractivity contribution >= 4 is 23.1 Å². The number of benzene rings is 1. The van der Waals surface area contributed by atoms with Gasteiger partial charge in [-0.15, -0.1) is 0 Å². The number of nitro groups is 1. The fourth-order valence-electron chi connectivity index (χ4n) is 1.68. The van der Waals surface area contributed by atoms with Gasteiger partial charge < -0.3 is 14.8 Å². The monoisotopic (exact) mass is 338 g/mol. The highest BCUT2D eigenvalue weighted by Crippen LogP contribution is 2.26. The van der Waals surface area contributed by atoms with E-state index in [4.69, 9.17) is 9.47 Å². The second-order valence-electron chi connectivity index (χ2n) is 6.16. The van der Waals surface area contributed by atoms with Gasteiger partial charge in [-0.3, -0.25) is 14.9 Å². The molecule has 0 aliphatic rings. The van der Waals surface area contributed by atoms with E-state index in [1.54, 1.807) is 20.8 Å². The summed E-state index contributed by atoms with van der Waals surface area (Å²) in [6, 6.07) is 3.96. The van der Waals surface area contributed by atoms with Gasteiger partial charge in [-0.1, -0.05) is 20.8 Å². The van der Waals surface area contributed by atoms with E-state index in [0.717, 1.165) is 6.07 Å². The van der Waals surface area contributed by atoms with E-state index in [9.17, 15) is 19.7 Å². The lowest BCUT2D eigenvalue weighted by Crippen LogP contribution is -2.26. The molecular formula is C16H22N2O6. The number of nitrogens with one attached hydrogen (secondary N) is 1. The van der Waals surface area contributed by atoms with Crippen molar-refractivity contribution in [1.29, 1.82) is 0 Å². The molecule has 0 aliphatic heterocycles. The molecule has 0 fully saturated rings. The van der Waals surface area contributed by atoms with Crippen molar-refractivity contribution in [2.45, 2.75) is 20.8 Å². The third-order valence-corrected chi connectivity index (χ3v) is 3.22. The maximum absolute atomic E-state index is 12.0. The molecule has 1 rings (SSSR count). The highest BCUT2D eigenvalue weighted by atomic mass is 16.6. The smallest absolute Gasteiger partial charge is 0.338 e. The molecule has 0 bridgehead atoms. The van der Waals surface area contributed by atoms with Gasteiger partial charge in [-0.05, 0) is 12.1 Å². The molecule has 0 radical (unpaired) electrons. The third kappa shape index (κ3) is 5.62. The number of hydrogen-bond donors (Lipinski definition) is 1. The second-order valence-corrected chi connectivity index (χ2v) is 6.16. The minimum atomic E-state index is -0.779. The molecular weight excluding hydrogens is 316 g/mol. The van der Waals surface area contributed by atoms with Gasteiger partial charge in [0.2, 0.25) is 0 Å². The molecule has 8 heteroatoms. The van der Waals surface area contributed by atoms with E-state index in [0.29, 0.717) is 13.2 Å². The van der Waals surface area contributed by atoms with E-state index < -0.39 is 16.3 Å². The first-order valence-electron chi connectivity index (χ1n) is 7.38. The third-order valence-electron chi connectivity index (χ3n) is 3.22. The van der Waals surface area contributed by atoms with Gasteiger partial charge in [0.05, 0.1) is 17.1 Å². The first-order valence-corrected chi connectivity index (χ1v) is 7.38. The summed E-state index contributed by atoms with van der Waals surface area (Å²) in [6.45, 7) is 5.55. The Balaban J connectivity index is 2.85. The minimum Gasteiger partial charge on any atom is -0.454 e. The van der Waals surface area contributed by atoms with Crippen molar-refractivity contribution in [2.75, 3.05) is 32.2 Å². The predicted molar refractivity (Wildman–Crippen MR) is 88.2 cm³/mol. The molecule has 24 heavy (non-hydrogen) atoms. The van der Waals surface area contributed by atoms with Crippen LogP contribution in [0.1, 0.15) is 31.1 Å². The van der Waals surface area contributed by atoms with Gasteiger partial charge in [0.15, 0.2) is 12.4 Å². The van der Waals surface area contributed by atoms with Crippen molar-refractivity contribution in [3.63, 3.8) is 0 Å². The van der Waals surface area contributed by atoms with Gasteiger partial charge in [-0.2, -0.15) is 0 Å². The fraction of sp³-hybridized carbons (Fsp3) is 0.500. The molecule has 0 atom stereocenters. The van der Waals surface area contributed by atoms with Gasteiger partial charge in [0, 0.05) is 25.1 Å². The van der Waals surface area contributed by atoms with E-state index in [1.807, 2.05) is 0 Å². The molecule has 0 aliphatic carbocycles. The molecule has 0 heterocycles. The van der Waals surface area contributed by atoms with Crippen LogP contribution in [0, 0.1) is 15.5 Å². The Morgan fingerprint density at radius 3 is 2.50 bits per heavy atom. The Labute approximate surface area is 140 Å². The standard InChI is InChI=1S/C16H22N2O6/c1-16(2,3)14(19)10-24-15(20)11-5-6-12(17-7-8-23-4)13(9-11)18(21)22/h5-6,9,17H,7-8,10H2,1-4H3. The van der Waals surface area contributed by atoms with Gasteiger partial charge in [0.25, 0.3) is 5.69 Å². The number of nitro benzene ring substituents is 1. The number of methoxy groups -OCH3 is 1. The molecule has 0 spiro atoms. The largest absolute Gasteiger partial charge is 0.454 e. The van der Waals surface area contributed by atoms with Crippen LogP contribution in [-0.4, -0.2) is 43.5 Å². The Kier molecular flexibility index (Phi) is 6.84. The summed E-state index contributed by atoms with van der Waals surface area (Å²) in [7, 11) is 1.52. The molecule has 0 saturated carbocycles. The number of carbonyl (C=O) groups excluding carboxylic acids is 2. The number of anilines is 1. The van der Waals surface area contributed by atoms with Crippen LogP contribution < -0.4 is 5.32 Å². The molecule has 0 saturated heterocycles. The number of ether oxygens (including phenoxy) is 2. The lowest BCUT2D eigenvalue weighted by atomic mass is 9.91. The number of rotatable bonds is 8. The van der Waals surface area contributed by atoms with Gasteiger partial charge in [-0.25, -0.2) is 4.79 Å². The number of hydrogen-bond acceptors (Lipinski definition) is 7. The minimum absolute atomic E-state index is 0.0145. The molecule has 0 aromatic heterocycles. The Morgan fingerprint density at radius 1 is 1.29 bits per heavy atom. The fourth-order valence-corrected chi connectivity index (χ4v) is 1.68. The van der Waals surface area contributed by atoms with Crippen molar-refractivity contribution in [3.8, 4) is 0 Å². The van der Waals surface area contributed by atoms with Crippen molar-refractivity contribution in [1.82, 2.24) is 0 Å². The molecule has 8 nitrogen and oxygen atoms in total. The van der Waals surface area contributed by atoms with Gasteiger partial charge >= 0.3 is 5.97 Å². The summed E-state index contributed by atoms with van der Waals surface area (Å²) >= 11 is 0. The Bertz CT molecular complexity index is 621. The maximum Gasteiger partial charge on any atom is 0.338 e. The quantitative estimate of drug-likeness (QED) is 0.335. The zero-order chi connectivity index (χ0) is 18.3. The number of nitrogens with zero attached hydrogens (tertiary/aromatic N) is 1. The summed E-state index contributed by atoms with van der Waals surface area (Å²) in [5, 5.41) is 14.0.